The summed E-state index contributed by atoms with van der Waals surface area (Å²) in [6.45, 7) is -0.465. The first kappa shape index (κ1) is 21.9. The minimum atomic E-state index is -4.38. The molecule has 1 unspecified atom stereocenters. The fraction of sp³-hybridized carbons (Fsp3) is 0.0645. The second-order valence-electron chi connectivity index (χ2n) is 9.13. The third kappa shape index (κ3) is 3.38. The quantitative estimate of drug-likeness (QED) is 0.180. The van der Waals surface area contributed by atoms with Crippen molar-refractivity contribution in [3.63, 3.8) is 0 Å². The van der Waals surface area contributed by atoms with Crippen molar-refractivity contribution in [1.29, 1.82) is 0 Å². The van der Waals surface area contributed by atoms with Crippen LogP contribution in [-0.4, -0.2) is 6.30 Å². The van der Waals surface area contributed by atoms with E-state index in [1.54, 1.807) is 12.1 Å². The Hall–Kier alpha value is -3.55. The summed E-state index contributed by atoms with van der Waals surface area (Å²) >= 11 is 0. The first-order chi connectivity index (χ1) is 16.8. The Balaban J connectivity index is 1.70. The summed E-state index contributed by atoms with van der Waals surface area (Å²) in [6.07, 6.45) is 0.437. The third-order valence-corrected chi connectivity index (χ3v) is 10.6. The van der Waals surface area contributed by atoms with E-state index in [2.05, 4.69) is 78.9 Å². The second-order valence-corrected chi connectivity index (χ2v) is 12.3. The zero-order valence-electron chi connectivity index (χ0n) is 19.1. The monoisotopic (exact) mass is 482 g/mol. The highest BCUT2D eigenvalue weighted by molar-refractivity contribution is 7.93. The van der Waals surface area contributed by atoms with Crippen molar-refractivity contribution in [3.8, 4) is 0 Å². The van der Waals surface area contributed by atoms with E-state index in [0.717, 1.165) is 32.2 Å². The summed E-state index contributed by atoms with van der Waals surface area (Å²) in [5, 5.41) is 9.95. The van der Waals surface area contributed by atoms with E-state index < -0.39 is 18.6 Å². The van der Waals surface area contributed by atoms with E-state index in [1.165, 1.54) is 33.7 Å². The van der Waals surface area contributed by atoms with E-state index in [4.69, 9.17) is 6.30 Å². The van der Waals surface area contributed by atoms with Crippen LogP contribution >= 0.6 is 6.89 Å². The van der Waals surface area contributed by atoms with Gasteiger partial charge in [0.05, 0.1) is 5.56 Å². The summed E-state index contributed by atoms with van der Waals surface area (Å²) in [5.74, 6) is 0. The lowest BCUT2D eigenvalue weighted by atomic mass is 9.94. The molecule has 0 amide bonds. The first-order valence-corrected chi connectivity index (χ1v) is 13.4. The molecule has 6 rings (SSSR count). The number of hydrogen-bond acceptors (Lipinski definition) is 0. The molecule has 6 aromatic carbocycles. The average molecular weight is 482 g/mol. The van der Waals surface area contributed by atoms with Gasteiger partial charge in [-0.2, -0.15) is 13.2 Å². The van der Waals surface area contributed by atoms with Crippen LogP contribution in [0.5, 0.6) is 0 Å². The maximum atomic E-state index is 13.3. The van der Waals surface area contributed by atoms with Gasteiger partial charge in [-0.1, -0.05) is 103 Å². The van der Waals surface area contributed by atoms with Gasteiger partial charge in [0.1, 0.15) is 0 Å². The zero-order chi connectivity index (χ0) is 24.4. The number of alkyl halides is 3. The van der Waals surface area contributed by atoms with Gasteiger partial charge in [0.2, 0.25) is 0 Å². The Kier molecular flexibility index (Phi) is 4.85. The fourth-order valence-corrected chi connectivity index (χ4v) is 8.28. The molecule has 6 aromatic rings. The van der Waals surface area contributed by atoms with Gasteiger partial charge in [-0.3, -0.25) is 0 Å². The highest BCUT2D eigenvalue weighted by Gasteiger charge is 2.31. The lowest BCUT2D eigenvalue weighted by Gasteiger charge is -2.29. The van der Waals surface area contributed by atoms with Crippen LogP contribution in [0.15, 0.2) is 103 Å². The van der Waals surface area contributed by atoms with Crippen LogP contribution in [0.4, 0.5) is 13.2 Å². The average Bonchev–Trinajstić information content (AvgIpc) is 2.87. The predicted octanol–water partition coefficient (Wildman–Crippen LogP) is 7.64. The van der Waals surface area contributed by atoms with Crippen LogP contribution in [0.1, 0.15) is 11.1 Å². The van der Waals surface area contributed by atoms with Gasteiger partial charge in [-0.15, -0.1) is 0 Å². The van der Waals surface area contributed by atoms with Crippen LogP contribution < -0.4 is 15.9 Å². The molecule has 0 radical (unpaired) electrons. The topological polar surface area (TPSA) is 0 Å². The van der Waals surface area contributed by atoms with Crippen molar-refractivity contribution in [2.45, 2.75) is 13.1 Å². The van der Waals surface area contributed by atoms with Gasteiger partial charge >= 0.3 is 6.18 Å². The summed E-state index contributed by atoms with van der Waals surface area (Å²) in [4.78, 5) is 0. The highest BCUT2D eigenvalue weighted by atomic mass is 31.2. The molecule has 1 atom stereocenters. The van der Waals surface area contributed by atoms with Gasteiger partial charge in [-0.25, -0.2) is 0 Å². The molecule has 0 aliphatic heterocycles. The van der Waals surface area contributed by atoms with Gasteiger partial charge in [0.25, 0.3) is 0 Å². The van der Waals surface area contributed by atoms with Crippen LogP contribution in [0.25, 0.3) is 32.3 Å². The maximum absolute atomic E-state index is 13.3. The number of hydrogen-bond donors (Lipinski definition) is 0. The first-order valence-electron chi connectivity index (χ1n) is 11.4. The normalized spacial score (nSPS) is 14.1. The van der Waals surface area contributed by atoms with Crippen molar-refractivity contribution in [1.82, 2.24) is 0 Å². The Morgan fingerprint density at radius 3 is 1.71 bits per heavy atom. The number of halogens is 3. The summed E-state index contributed by atoms with van der Waals surface area (Å²) in [5.41, 5.74) is 0.482. The molecule has 0 saturated carbocycles. The molecule has 35 heavy (non-hydrogen) atoms. The summed E-state index contributed by atoms with van der Waals surface area (Å²) in [7, 11) is 0. The Morgan fingerprint density at radius 1 is 0.600 bits per heavy atom. The van der Waals surface area contributed by atoms with Crippen LogP contribution in [0.2, 0.25) is 0 Å². The molecule has 0 aliphatic carbocycles. The van der Waals surface area contributed by atoms with E-state index in [1.807, 2.05) is 6.92 Å². The largest absolute Gasteiger partial charge is 0.416 e. The molecule has 0 spiro atoms. The van der Waals surface area contributed by atoms with Gasteiger partial charge in [0.15, 0.2) is 0 Å². The Morgan fingerprint density at radius 2 is 1.11 bits per heavy atom. The fourth-order valence-electron chi connectivity index (χ4n) is 5.18. The summed E-state index contributed by atoms with van der Waals surface area (Å²) in [6, 6.07) is 33.0. The highest BCUT2D eigenvalue weighted by Crippen LogP contribution is 2.46. The second kappa shape index (κ2) is 7.73. The molecular weight excluding hydrogens is 460 g/mol. The molecular formula is C31H22F3P. The Labute approximate surface area is 202 Å². The molecule has 0 N–H and O–H groups in total. The van der Waals surface area contributed by atoms with E-state index in [0.29, 0.717) is 0 Å². The van der Waals surface area contributed by atoms with Crippen molar-refractivity contribution < 1.29 is 13.2 Å². The van der Waals surface area contributed by atoms with Crippen molar-refractivity contribution in [2.75, 3.05) is 0 Å². The molecule has 0 aromatic heterocycles. The SMILES string of the molecule is C=P(c1ccc(C)cc1)(c1ccc(C(F)(F)F)cc1)c1ccc2ccc3cccc4ccc1c2c34. The lowest BCUT2D eigenvalue weighted by molar-refractivity contribution is -0.137. The molecule has 4 heteroatoms. The Bertz CT molecular complexity index is 1730. The van der Waals surface area contributed by atoms with Gasteiger partial charge < -0.3 is 0 Å². The molecule has 172 valence electrons. The maximum Gasteiger partial charge on any atom is 0.416 e. The van der Waals surface area contributed by atoms with Crippen molar-refractivity contribution in [3.05, 3.63) is 114 Å². The standard InChI is InChI=1S/C31H22F3P/c1-20-6-14-25(15-7-20)35(2,26-16-12-24(13-17-26)31(32,33)34)28-19-11-23-9-8-21-4-3-5-22-10-18-27(28)30(23)29(21)22/h3-19H,2H2,1H3. The van der Waals surface area contributed by atoms with Crippen molar-refractivity contribution in [2.24, 2.45) is 0 Å². The lowest BCUT2D eigenvalue weighted by Crippen LogP contribution is -2.26. The van der Waals surface area contributed by atoms with Crippen LogP contribution in [-0.2, 0) is 6.18 Å². The summed E-state index contributed by atoms with van der Waals surface area (Å²) < 4.78 is 40.0. The van der Waals surface area contributed by atoms with Crippen molar-refractivity contribution >= 4 is 61.4 Å². The molecule has 0 bridgehead atoms. The third-order valence-electron chi connectivity index (χ3n) is 7.03. The minimum absolute atomic E-state index is 0.646. The molecule has 0 nitrogen and oxygen atoms in total. The zero-order valence-corrected chi connectivity index (χ0v) is 20.0. The molecule has 0 fully saturated rings. The number of benzene rings is 6. The molecule has 0 heterocycles. The molecule has 0 saturated heterocycles. The van der Waals surface area contributed by atoms with E-state index in [-0.39, 0.29) is 0 Å². The van der Waals surface area contributed by atoms with Gasteiger partial charge in [-0.05, 0) is 74.2 Å². The van der Waals surface area contributed by atoms with E-state index >= 15 is 0 Å². The minimum Gasteiger partial charge on any atom is -0.166 e. The smallest absolute Gasteiger partial charge is 0.166 e. The number of rotatable bonds is 3. The molecule has 0 aliphatic rings. The predicted molar refractivity (Wildman–Crippen MR) is 146 cm³/mol. The van der Waals surface area contributed by atoms with Crippen LogP contribution in [0.3, 0.4) is 0 Å². The van der Waals surface area contributed by atoms with E-state index in [9.17, 15) is 13.2 Å². The van der Waals surface area contributed by atoms with Gasteiger partial charge in [0, 0.05) is 0 Å². The van der Waals surface area contributed by atoms with Crippen LogP contribution in [0, 0.1) is 6.92 Å². The number of aryl methyl sites for hydroxylation is 1.